The second-order valence-electron chi connectivity index (χ2n) is 6.61. The van der Waals surface area contributed by atoms with Gasteiger partial charge in [-0.1, -0.05) is 53.8 Å². The average molecular weight is 340 g/mol. The van der Waals surface area contributed by atoms with Crippen molar-refractivity contribution in [2.24, 2.45) is 7.05 Å². The number of pyridine rings is 1. The highest BCUT2D eigenvalue weighted by Gasteiger charge is 2.19. The van der Waals surface area contributed by atoms with Crippen LogP contribution in [-0.4, -0.2) is 0 Å². The number of hydrogen-bond acceptors (Lipinski definition) is 1. The summed E-state index contributed by atoms with van der Waals surface area (Å²) in [5.74, 6) is 0. The van der Waals surface area contributed by atoms with Crippen molar-refractivity contribution in [1.82, 2.24) is 0 Å². The summed E-state index contributed by atoms with van der Waals surface area (Å²) in [6.45, 7) is 2.18. The third kappa shape index (κ3) is 2.18. The summed E-state index contributed by atoms with van der Waals surface area (Å²) in [5.41, 5.74) is 3.88. The lowest BCUT2D eigenvalue weighted by Crippen LogP contribution is -2.31. The minimum atomic E-state index is 1.27. The van der Waals surface area contributed by atoms with E-state index in [1.165, 1.54) is 47.9 Å². The number of fused-ring (bicyclic) bond motifs is 4. The zero-order chi connectivity index (χ0) is 17.0. The number of thiophene rings is 1. The molecule has 5 aromatic rings. The molecule has 0 amide bonds. The van der Waals surface area contributed by atoms with E-state index in [9.17, 15) is 0 Å². The van der Waals surface area contributed by atoms with Crippen molar-refractivity contribution < 1.29 is 4.57 Å². The topological polar surface area (TPSA) is 3.88 Å². The Morgan fingerprint density at radius 1 is 0.760 bits per heavy atom. The van der Waals surface area contributed by atoms with Crippen molar-refractivity contribution in [3.05, 3.63) is 78.4 Å². The van der Waals surface area contributed by atoms with Crippen LogP contribution in [0, 0.1) is 6.92 Å². The van der Waals surface area contributed by atoms with E-state index in [1.807, 2.05) is 11.3 Å². The maximum Gasteiger partial charge on any atom is 0.270 e. The van der Waals surface area contributed by atoms with Crippen LogP contribution in [-0.2, 0) is 7.05 Å². The molecule has 0 aliphatic carbocycles. The van der Waals surface area contributed by atoms with E-state index in [-0.39, 0.29) is 0 Å². The molecule has 0 spiro atoms. The highest BCUT2D eigenvalue weighted by Crippen LogP contribution is 2.36. The first-order valence-electron chi connectivity index (χ1n) is 8.52. The van der Waals surface area contributed by atoms with Gasteiger partial charge in [-0.05, 0) is 47.5 Å². The second-order valence-corrected chi connectivity index (χ2v) is 7.64. The van der Waals surface area contributed by atoms with Gasteiger partial charge in [0.25, 0.3) is 4.83 Å². The molecule has 0 atom stereocenters. The van der Waals surface area contributed by atoms with Crippen molar-refractivity contribution in [2.45, 2.75) is 6.92 Å². The Balaban J connectivity index is 1.85. The SMILES string of the molecule is Cc1ccccc1-c1ccc2c3cc4ccccc4cc3sc2[n+]1C. The normalized spacial score (nSPS) is 11.6. The standard InChI is InChI=1S/C23H18NS/c1-15-7-3-6-10-18(15)21-12-11-19-20-13-16-8-4-5-9-17(16)14-22(20)25-23(19)24(21)2/h3-14H,1-2H3/q+1. The third-order valence-corrected chi connectivity index (χ3v) is 6.31. The zero-order valence-electron chi connectivity index (χ0n) is 14.3. The molecular weight excluding hydrogens is 322 g/mol. The quantitative estimate of drug-likeness (QED) is 0.329. The Labute approximate surface area is 150 Å². The summed E-state index contributed by atoms with van der Waals surface area (Å²) in [6, 6.07) is 26.4. The van der Waals surface area contributed by atoms with E-state index in [0.29, 0.717) is 0 Å². The van der Waals surface area contributed by atoms with Crippen LogP contribution in [0.25, 0.3) is 42.3 Å². The summed E-state index contributed by atoms with van der Waals surface area (Å²) in [5, 5.41) is 5.31. The lowest BCUT2D eigenvalue weighted by atomic mass is 10.0. The fourth-order valence-electron chi connectivity index (χ4n) is 3.71. The highest BCUT2D eigenvalue weighted by molar-refractivity contribution is 7.25. The van der Waals surface area contributed by atoms with Crippen molar-refractivity contribution in [2.75, 3.05) is 0 Å². The summed E-state index contributed by atoms with van der Waals surface area (Å²) in [7, 11) is 2.18. The van der Waals surface area contributed by atoms with Gasteiger partial charge in [0, 0.05) is 21.7 Å². The van der Waals surface area contributed by atoms with Crippen molar-refractivity contribution in [3.8, 4) is 11.3 Å². The van der Waals surface area contributed by atoms with E-state index < -0.39 is 0 Å². The van der Waals surface area contributed by atoms with Gasteiger partial charge in [-0.2, -0.15) is 4.57 Å². The summed E-state index contributed by atoms with van der Waals surface area (Å²) in [6.07, 6.45) is 0. The van der Waals surface area contributed by atoms with Crippen LogP contribution < -0.4 is 4.57 Å². The van der Waals surface area contributed by atoms with Gasteiger partial charge in [-0.25, -0.2) is 0 Å². The molecule has 2 heterocycles. The molecule has 0 aliphatic rings. The molecule has 3 aromatic carbocycles. The Hall–Kier alpha value is -2.71. The van der Waals surface area contributed by atoms with Crippen LogP contribution in [0.15, 0.2) is 72.8 Å². The van der Waals surface area contributed by atoms with Crippen LogP contribution >= 0.6 is 11.3 Å². The third-order valence-electron chi connectivity index (χ3n) is 5.07. The van der Waals surface area contributed by atoms with Gasteiger partial charge < -0.3 is 0 Å². The zero-order valence-corrected chi connectivity index (χ0v) is 15.1. The van der Waals surface area contributed by atoms with E-state index in [0.717, 1.165) is 0 Å². The molecule has 0 unspecified atom stereocenters. The van der Waals surface area contributed by atoms with Crippen LogP contribution in [0.1, 0.15) is 5.56 Å². The predicted molar refractivity (Wildman–Crippen MR) is 108 cm³/mol. The van der Waals surface area contributed by atoms with Gasteiger partial charge in [0.1, 0.15) is 7.05 Å². The monoisotopic (exact) mass is 340 g/mol. The maximum absolute atomic E-state index is 2.34. The molecular formula is C23H18NS+. The van der Waals surface area contributed by atoms with E-state index >= 15 is 0 Å². The van der Waals surface area contributed by atoms with Gasteiger partial charge in [0.2, 0.25) is 5.69 Å². The Kier molecular flexibility index (Phi) is 3.16. The predicted octanol–water partition coefficient (Wildman–Crippen LogP) is 6.01. The van der Waals surface area contributed by atoms with E-state index in [1.54, 1.807) is 0 Å². The molecule has 0 bridgehead atoms. The Morgan fingerprint density at radius 3 is 2.28 bits per heavy atom. The number of rotatable bonds is 1. The number of aromatic nitrogens is 1. The molecule has 0 saturated carbocycles. The fourth-order valence-corrected chi connectivity index (χ4v) is 4.91. The first-order chi connectivity index (χ1) is 12.2. The smallest absolute Gasteiger partial charge is 0.185 e. The second kappa shape index (κ2) is 5.40. The van der Waals surface area contributed by atoms with Crippen molar-refractivity contribution >= 4 is 42.4 Å². The number of hydrogen-bond donors (Lipinski definition) is 0. The minimum Gasteiger partial charge on any atom is -0.185 e. The van der Waals surface area contributed by atoms with Crippen LogP contribution in [0.2, 0.25) is 0 Å². The number of nitrogens with zero attached hydrogens (tertiary/aromatic N) is 1. The number of aryl methyl sites for hydroxylation is 2. The van der Waals surface area contributed by atoms with Crippen LogP contribution in [0.5, 0.6) is 0 Å². The Morgan fingerprint density at radius 2 is 1.48 bits per heavy atom. The molecule has 0 N–H and O–H groups in total. The van der Waals surface area contributed by atoms with Gasteiger partial charge in [-0.3, -0.25) is 0 Å². The van der Waals surface area contributed by atoms with Crippen LogP contribution in [0.4, 0.5) is 0 Å². The first kappa shape index (κ1) is 14.6. The summed E-state index contributed by atoms with van der Waals surface area (Å²) >= 11 is 1.88. The minimum absolute atomic E-state index is 1.27. The average Bonchev–Trinajstić information content (AvgIpc) is 2.99. The van der Waals surface area contributed by atoms with Gasteiger partial charge in [0.15, 0.2) is 0 Å². The lowest BCUT2D eigenvalue weighted by molar-refractivity contribution is -0.631. The lowest BCUT2D eigenvalue weighted by Gasteiger charge is -2.04. The summed E-state index contributed by atoms with van der Waals surface area (Å²) < 4.78 is 3.69. The highest BCUT2D eigenvalue weighted by atomic mass is 32.1. The van der Waals surface area contributed by atoms with E-state index in [4.69, 9.17) is 0 Å². The van der Waals surface area contributed by atoms with E-state index in [2.05, 4.69) is 91.3 Å². The first-order valence-corrected chi connectivity index (χ1v) is 9.34. The van der Waals surface area contributed by atoms with Crippen molar-refractivity contribution in [3.63, 3.8) is 0 Å². The largest absolute Gasteiger partial charge is 0.270 e. The fraction of sp³-hybridized carbons (Fsp3) is 0.0870. The molecule has 2 heteroatoms. The molecule has 120 valence electrons. The molecule has 5 rings (SSSR count). The molecule has 0 aliphatic heterocycles. The molecule has 2 aromatic heterocycles. The number of benzene rings is 3. The van der Waals surface area contributed by atoms with Crippen LogP contribution in [0.3, 0.4) is 0 Å². The summed E-state index contributed by atoms with van der Waals surface area (Å²) in [4.78, 5) is 1.33. The Bertz CT molecular complexity index is 1260. The molecule has 0 fully saturated rings. The molecule has 0 radical (unpaired) electrons. The van der Waals surface area contributed by atoms with Gasteiger partial charge >= 0.3 is 0 Å². The van der Waals surface area contributed by atoms with Gasteiger partial charge in [-0.15, -0.1) is 0 Å². The van der Waals surface area contributed by atoms with Crippen molar-refractivity contribution in [1.29, 1.82) is 0 Å². The molecule has 1 nitrogen and oxygen atoms in total. The molecule has 25 heavy (non-hydrogen) atoms. The molecule has 0 saturated heterocycles. The maximum atomic E-state index is 2.34. The van der Waals surface area contributed by atoms with Gasteiger partial charge in [0.05, 0.1) is 5.39 Å².